The number of anilines is 2. The van der Waals surface area contributed by atoms with Crippen LogP contribution in [-0.2, 0) is 16.6 Å². The summed E-state index contributed by atoms with van der Waals surface area (Å²) in [5.74, 6) is -1.24. The van der Waals surface area contributed by atoms with E-state index in [9.17, 15) is 28.4 Å². The fraction of sp³-hybridized carbons (Fsp3) is 0.421. The average Bonchev–Trinajstić information content (AvgIpc) is 3.87. The van der Waals surface area contributed by atoms with E-state index in [4.69, 9.17) is 11.3 Å². The SMILES string of the molecule is [C-]#[N+]c1ccc(CN2CCN(C3CC4(CCN(c5cc(Oc6cnc7[nH]ccc7c6)c(C(=O)NS(=O)(=O)c6ccc(NCC7CCC(C)(O)CC7)c([N+](=O)[O-])c6)cc5F)CC4)C3)[C@H](c3ccccc3C(C)C)C2)cc1. The van der Waals surface area contributed by atoms with Gasteiger partial charge in [0.25, 0.3) is 21.6 Å². The van der Waals surface area contributed by atoms with Gasteiger partial charge in [-0.3, -0.25) is 24.7 Å². The van der Waals surface area contributed by atoms with Crippen molar-refractivity contribution in [2.75, 3.05) is 49.5 Å². The number of benzene rings is 4. The average molecular weight is 1040 g/mol. The van der Waals surface area contributed by atoms with Crippen molar-refractivity contribution in [3.8, 4) is 11.5 Å². The molecule has 2 aliphatic heterocycles. The number of nitrogens with one attached hydrogen (secondary N) is 3. The zero-order chi connectivity index (χ0) is 52.6. The van der Waals surface area contributed by atoms with Gasteiger partial charge < -0.3 is 25.0 Å². The third-order valence-electron chi connectivity index (χ3n) is 16.3. The number of nitro groups is 1. The topological polar surface area (TPSA) is 191 Å². The molecule has 1 atom stereocenters. The van der Waals surface area contributed by atoms with Crippen molar-refractivity contribution >= 4 is 49.7 Å². The molecule has 75 heavy (non-hydrogen) atoms. The van der Waals surface area contributed by atoms with Gasteiger partial charge in [-0.2, -0.15) is 0 Å². The quantitative estimate of drug-likeness (QED) is 0.0433. The van der Waals surface area contributed by atoms with Crippen molar-refractivity contribution in [2.24, 2.45) is 11.3 Å². The highest BCUT2D eigenvalue weighted by Crippen LogP contribution is 2.54. The number of ether oxygens (including phenoxy) is 1. The molecule has 1 spiro atoms. The van der Waals surface area contributed by atoms with E-state index in [1.54, 1.807) is 25.3 Å². The van der Waals surface area contributed by atoms with E-state index in [1.165, 1.54) is 41.1 Å². The molecular formula is C57H64FN9O7S. The van der Waals surface area contributed by atoms with Gasteiger partial charge in [-0.25, -0.2) is 27.4 Å². The van der Waals surface area contributed by atoms with Gasteiger partial charge in [-0.05, 0) is 123 Å². The number of H-pyrrole nitrogens is 1. The first-order valence-electron chi connectivity index (χ1n) is 26.0. The summed E-state index contributed by atoms with van der Waals surface area (Å²) >= 11 is 0. The van der Waals surface area contributed by atoms with E-state index in [0.29, 0.717) is 55.8 Å². The first kappa shape index (κ1) is 51.6. The van der Waals surface area contributed by atoms with E-state index in [-0.39, 0.29) is 40.2 Å². The van der Waals surface area contributed by atoms with Gasteiger partial charge in [-0.15, -0.1) is 0 Å². The van der Waals surface area contributed by atoms with Crippen LogP contribution in [0, 0.1) is 33.8 Å². The lowest BCUT2D eigenvalue weighted by molar-refractivity contribution is -0.384. The first-order chi connectivity index (χ1) is 35.9. The normalized spacial score (nSPS) is 21.4. The van der Waals surface area contributed by atoms with Crippen LogP contribution < -0.4 is 19.7 Å². The van der Waals surface area contributed by atoms with Crippen LogP contribution in [0.15, 0.2) is 108 Å². The minimum Gasteiger partial charge on any atom is -0.455 e. The highest BCUT2D eigenvalue weighted by atomic mass is 32.2. The van der Waals surface area contributed by atoms with Crippen molar-refractivity contribution < 1.29 is 32.4 Å². The van der Waals surface area contributed by atoms with Crippen LogP contribution >= 0.6 is 0 Å². The maximum atomic E-state index is 16.6. The Morgan fingerprint density at radius 2 is 1.75 bits per heavy atom. The number of fused-ring (bicyclic) bond motifs is 1. The Balaban J connectivity index is 0.845. The summed E-state index contributed by atoms with van der Waals surface area (Å²) in [5, 5.41) is 26.4. The summed E-state index contributed by atoms with van der Waals surface area (Å²) in [4.78, 5) is 43.3. The first-order valence-corrected chi connectivity index (χ1v) is 27.5. The molecule has 392 valence electrons. The molecule has 0 bridgehead atoms. The molecule has 1 amide bonds. The highest BCUT2D eigenvalue weighted by molar-refractivity contribution is 7.90. The Kier molecular flexibility index (Phi) is 14.4. The van der Waals surface area contributed by atoms with Crippen LogP contribution in [0.25, 0.3) is 15.9 Å². The largest absolute Gasteiger partial charge is 0.455 e. The standard InChI is InChI=1S/C57H64FN9O7S/c1-37(2)45-7-5-6-8-46(45)52-36-64(35-39-9-11-41(59-4)12-10-39)25-26-66(52)42-31-57(32-42)20-23-65(24-21-57)50-30-53(74-43-27-40-17-22-60-54(40)62-34-43)47(29-48(50)58)55(68)63-75(72,73)44-13-14-49(51(28-44)67(70)71)61-33-38-15-18-56(3,69)19-16-38/h5-14,17,22,27-30,34,37-38,42,52,61,69H,15-16,18-21,23-26,31-33,35-36H2,1-3H3,(H,60,62)(H,63,68)/t38?,52-,56?/m0/s1. The predicted molar refractivity (Wildman–Crippen MR) is 286 cm³/mol. The predicted octanol–water partition coefficient (Wildman–Crippen LogP) is 10.9. The number of piperidine rings is 1. The number of hydrogen-bond donors (Lipinski definition) is 4. The Morgan fingerprint density at radius 3 is 2.47 bits per heavy atom. The summed E-state index contributed by atoms with van der Waals surface area (Å²) in [7, 11) is -4.73. The number of rotatable bonds is 15. The van der Waals surface area contributed by atoms with Gasteiger partial charge in [0.05, 0.1) is 39.4 Å². The number of amides is 1. The van der Waals surface area contributed by atoms with E-state index in [2.05, 4.69) is 80.2 Å². The zero-order valence-electron chi connectivity index (χ0n) is 42.6. The molecule has 4 aromatic carbocycles. The maximum absolute atomic E-state index is 16.6. The summed E-state index contributed by atoms with van der Waals surface area (Å²) < 4.78 is 52.6. The minimum atomic E-state index is -4.73. The number of halogens is 1. The van der Waals surface area contributed by atoms with Gasteiger partial charge in [0.2, 0.25) is 0 Å². The number of nitro benzene ring substituents is 1. The fourth-order valence-electron chi connectivity index (χ4n) is 11.9. The van der Waals surface area contributed by atoms with Gasteiger partial charge in [0.1, 0.15) is 28.7 Å². The van der Waals surface area contributed by atoms with Gasteiger partial charge in [0.15, 0.2) is 5.69 Å². The summed E-state index contributed by atoms with van der Waals surface area (Å²) in [6, 6.07) is 26.6. The molecule has 4 fully saturated rings. The third-order valence-corrected chi connectivity index (χ3v) is 17.6. The Hall–Kier alpha value is -6.91. The third kappa shape index (κ3) is 11.2. The molecule has 2 saturated carbocycles. The number of aliphatic hydroxyl groups is 1. The van der Waals surface area contributed by atoms with Crippen molar-refractivity contribution in [1.29, 1.82) is 0 Å². The number of hydrogen-bond acceptors (Lipinski definition) is 12. The van der Waals surface area contributed by atoms with Gasteiger partial charge in [-0.1, -0.05) is 62.4 Å². The summed E-state index contributed by atoms with van der Waals surface area (Å²) in [5.41, 5.74) is 3.98. The number of nitrogens with zero attached hydrogens (tertiary/aromatic N) is 6. The van der Waals surface area contributed by atoms with E-state index >= 15 is 4.39 Å². The zero-order valence-corrected chi connectivity index (χ0v) is 43.4. The van der Waals surface area contributed by atoms with E-state index in [1.807, 2.05) is 21.8 Å². The lowest BCUT2D eigenvalue weighted by atomic mass is 9.59. The monoisotopic (exact) mass is 1040 g/mol. The van der Waals surface area contributed by atoms with Crippen LogP contribution in [0.5, 0.6) is 11.5 Å². The number of aromatic nitrogens is 2. The fourth-order valence-corrected chi connectivity index (χ4v) is 12.9. The summed E-state index contributed by atoms with van der Waals surface area (Å²) in [6.45, 7) is 18.8. The molecule has 4 aliphatic rings. The van der Waals surface area contributed by atoms with Crippen molar-refractivity contribution in [3.05, 3.63) is 153 Å². The number of carbonyl (C=O) groups excluding carboxylic acids is 1. The molecule has 4 N–H and O–H groups in total. The van der Waals surface area contributed by atoms with Crippen molar-refractivity contribution in [2.45, 2.75) is 107 Å². The Morgan fingerprint density at radius 1 is 1.00 bits per heavy atom. The van der Waals surface area contributed by atoms with Crippen molar-refractivity contribution in [3.63, 3.8) is 0 Å². The Bertz CT molecular complexity index is 3240. The Labute approximate surface area is 437 Å². The molecule has 2 aliphatic carbocycles. The maximum Gasteiger partial charge on any atom is 0.293 e. The van der Waals surface area contributed by atoms with Crippen molar-refractivity contribution in [1.82, 2.24) is 24.5 Å². The lowest BCUT2D eigenvalue weighted by Crippen LogP contribution is -2.60. The highest BCUT2D eigenvalue weighted by Gasteiger charge is 2.50. The minimum absolute atomic E-state index is 0.0918. The number of aromatic amines is 1. The number of pyridine rings is 1. The van der Waals surface area contributed by atoms with E-state index in [0.717, 1.165) is 82.2 Å². The molecule has 16 nitrogen and oxygen atoms in total. The van der Waals surface area contributed by atoms with Crippen LogP contribution in [0.4, 0.5) is 27.1 Å². The van der Waals surface area contributed by atoms with Crippen LogP contribution in [-0.4, -0.2) is 95.0 Å². The van der Waals surface area contributed by atoms with Gasteiger partial charge >= 0.3 is 0 Å². The second-order valence-electron chi connectivity index (χ2n) is 21.8. The number of carbonyl (C=O) groups is 1. The second-order valence-corrected chi connectivity index (χ2v) is 23.5. The van der Waals surface area contributed by atoms with Crippen LogP contribution in [0.2, 0.25) is 0 Å². The van der Waals surface area contributed by atoms with E-state index < -0.39 is 48.4 Å². The lowest BCUT2D eigenvalue weighted by Gasteiger charge is -2.58. The number of piperazine rings is 1. The van der Waals surface area contributed by atoms with Gasteiger partial charge in [0, 0.05) is 81.6 Å². The molecule has 10 rings (SSSR count). The molecule has 0 unspecified atom stereocenters. The molecule has 6 aromatic rings. The molecular weight excluding hydrogens is 974 g/mol. The second kappa shape index (κ2) is 21.0. The smallest absolute Gasteiger partial charge is 0.293 e. The molecule has 4 heterocycles. The molecule has 18 heteroatoms. The van der Waals surface area contributed by atoms with Crippen LogP contribution in [0.3, 0.4) is 0 Å². The molecule has 0 radical (unpaired) electrons. The number of sulfonamides is 1. The molecule has 2 saturated heterocycles. The summed E-state index contributed by atoms with van der Waals surface area (Å²) in [6.07, 6.45) is 9.60. The van der Waals surface area contributed by atoms with Crippen LogP contribution in [0.1, 0.15) is 111 Å². The molecule has 2 aromatic heterocycles.